The summed E-state index contributed by atoms with van der Waals surface area (Å²) in [5.74, 6) is 0.106. The van der Waals surface area contributed by atoms with Crippen molar-refractivity contribution in [2.45, 2.75) is 26.2 Å². The predicted octanol–water partition coefficient (Wildman–Crippen LogP) is 2.62. The SMILES string of the molecule is CCc1ccc2nc(NC(=O)C[C@H]3CCS(=O)(=O)C3)sc2c1. The Balaban J connectivity index is 1.66. The maximum Gasteiger partial charge on any atom is 0.226 e. The molecule has 5 nitrogen and oxygen atoms in total. The lowest BCUT2D eigenvalue weighted by molar-refractivity contribution is -0.116. The monoisotopic (exact) mass is 338 g/mol. The van der Waals surface area contributed by atoms with Crippen LogP contribution in [0.3, 0.4) is 0 Å². The van der Waals surface area contributed by atoms with E-state index in [1.807, 2.05) is 12.1 Å². The van der Waals surface area contributed by atoms with Gasteiger partial charge < -0.3 is 5.32 Å². The van der Waals surface area contributed by atoms with Crippen LogP contribution in [0.2, 0.25) is 0 Å². The Hall–Kier alpha value is -1.47. The van der Waals surface area contributed by atoms with Crippen molar-refractivity contribution in [3.05, 3.63) is 23.8 Å². The summed E-state index contributed by atoms with van der Waals surface area (Å²) in [7, 11) is -2.94. The quantitative estimate of drug-likeness (QED) is 0.930. The summed E-state index contributed by atoms with van der Waals surface area (Å²) in [6.45, 7) is 2.10. The van der Waals surface area contributed by atoms with Crippen LogP contribution in [0.1, 0.15) is 25.3 Å². The van der Waals surface area contributed by atoms with Crippen molar-refractivity contribution < 1.29 is 13.2 Å². The first-order valence-electron chi connectivity index (χ1n) is 7.35. The Kier molecular flexibility index (Phi) is 4.18. The first-order valence-corrected chi connectivity index (χ1v) is 9.99. The van der Waals surface area contributed by atoms with Crippen LogP contribution in [0.15, 0.2) is 18.2 Å². The van der Waals surface area contributed by atoms with E-state index < -0.39 is 9.84 Å². The molecule has 22 heavy (non-hydrogen) atoms. The number of benzene rings is 1. The average molecular weight is 338 g/mol. The minimum absolute atomic E-state index is 0.0638. The summed E-state index contributed by atoms with van der Waals surface area (Å²) >= 11 is 1.45. The molecule has 1 aromatic carbocycles. The molecule has 1 aromatic heterocycles. The highest BCUT2D eigenvalue weighted by molar-refractivity contribution is 7.91. The second-order valence-corrected chi connectivity index (χ2v) is 8.96. The second kappa shape index (κ2) is 5.96. The van der Waals surface area contributed by atoms with Crippen LogP contribution in [0.5, 0.6) is 0 Å². The van der Waals surface area contributed by atoms with Crippen molar-refractivity contribution in [1.29, 1.82) is 0 Å². The molecule has 7 heteroatoms. The summed E-state index contributed by atoms with van der Waals surface area (Å²) in [4.78, 5) is 16.4. The molecule has 118 valence electrons. The van der Waals surface area contributed by atoms with Crippen LogP contribution in [0, 0.1) is 5.92 Å². The number of hydrogen-bond acceptors (Lipinski definition) is 5. The number of carbonyl (C=O) groups excluding carboxylic acids is 1. The molecular weight excluding hydrogens is 320 g/mol. The zero-order valence-electron chi connectivity index (χ0n) is 12.3. The van der Waals surface area contributed by atoms with Crippen LogP contribution < -0.4 is 5.32 Å². The third-order valence-corrected chi connectivity index (χ3v) is 6.68. The molecule has 1 aliphatic heterocycles. The minimum Gasteiger partial charge on any atom is -0.302 e. The molecule has 0 radical (unpaired) electrons. The summed E-state index contributed by atoms with van der Waals surface area (Å²) in [6.07, 6.45) is 1.79. The van der Waals surface area contributed by atoms with E-state index >= 15 is 0 Å². The number of aryl methyl sites for hydroxylation is 1. The fourth-order valence-corrected chi connectivity index (χ4v) is 5.52. The lowest BCUT2D eigenvalue weighted by Crippen LogP contribution is -2.17. The maximum atomic E-state index is 12.0. The second-order valence-electron chi connectivity index (χ2n) is 5.70. The van der Waals surface area contributed by atoms with Gasteiger partial charge in [-0.1, -0.05) is 24.3 Å². The van der Waals surface area contributed by atoms with Crippen molar-refractivity contribution in [3.8, 4) is 0 Å². The molecule has 1 amide bonds. The highest BCUT2D eigenvalue weighted by atomic mass is 32.2. The molecule has 0 spiro atoms. The molecule has 2 heterocycles. The van der Waals surface area contributed by atoms with E-state index in [1.54, 1.807) is 0 Å². The lowest BCUT2D eigenvalue weighted by Gasteiger charge is -2.06. The van der Waals surface area contributed by atoms with Crippen LogP contribution in [-0.2, 0) is 21.1 Å². The minimum atomic E-state index is -2.94. The number of nitrogens with one attached hydrogen (secondary N) is 1. The van der Waals surface area contributed by atoms with Crippen LogP contribution in [-0.4, -0.2) is 30.8 Å². The molecule has 1 aliphatic rings. The molecule has 1 atom stereocenters. The number of amides is 1. The highest BCUT2D eigenvalue weighted by Crippen LogP contribution is 2.28. The first-order chi connectivity index (χ1) is 10.4. The Labute approximate surface area is 133 Å². The van der Waals surface area contributed by atoms with E-state index in [4.69, 9.17) is 0 Å². The fourth-order valence-electron chi connectivity index (χ4n) is 2.71. The molecule has 1 saturated heterocycles. The Morgan fingerprint density at radius 2 is 2.27 bits per heavy atom. The lowest BCUT2D eigenvalue weighted by atomic mass is 10.1. The third-order valence-electron chi connectivity index (χ3n) is 3.91. The van der Waals surface area contributed by atoms with Gasteiger partial charge in [-0.2, -0.15) is 0 Å². The number of anilines is 1. The summed E-state index contributed by atoms with van der Waals surface area (Å²) in [5.41, 5.74) is 2.12. The standard InChI is InChI=1S/C15H18N2O3S2/c1-2-10-3-4-12-13(7-10)21-15(16-12)17-14(18)8-11-5-6-22(19,20)9-11/h3-4,7,11H,2,5-6,8-9H2,1H3,(H,16,17,18)/t11-/m1/s1. The van der Waals surface area contributed by atoms with E-state index in [2.05, 4.69) is 23.3 Å². The summed E-state index contributed by atoms with van der Waals surface area (Å²) in [5, 5.41) is 3.37. The van der Waals surface area contributed by atoms with E-state index in [9.17, 15) is 13.2 Å². The molecule has 0 saturated carbocycles. The van der Waals surface area contributed by atoms with Gasteiger partial charge in [0.15, 0.2) is 15.0 Å². The van der Waals surface area contributed by atoms with Crippen molar-refractivity contribution >= 4 is 42.4 Å². The fraction of sp³-hybridized carbons (Fsp3) is 0.467. The molecule has 0 bridgehead atoms. The van der Waals surface area contributed by atoms with Crippen LogP contribution >= 0.6 is 11.3 Å². The van der Waals surface area contributed by atoms with Crippen molar-refractivity contribution in [1.82, 2.24) is 4.98 Å². The van der Waals surface area contributed by atoms with E-state index in [1.165, 1.54) is 16.9 Å². The van der Waals surface area contributed by atoms with E-state index in [0.29, 0.717) is 11.6 Å². The molecule has 0 aliphatic carbocycles. The molecule has 0 unspecified atom stereocenters. The number of sulfone groups is 1. The number of rotatable bonds is 4. The van der Waals surface area contributed by atoms with Gasteiger partial charge in [-0.15, -0.1) is 0 Å². The van der Waals surface area contributed by atoms with Crippen molar-refractivity contribution in [2.75, 3.05) is 16.8 Å². The Morgan fingerprint density at radius 1 is 1.45 bits per heavy atom. The van der Waals surface area contributed by atoms with Gasteiger partial charge in [-0.3, -0.25) is 4.79 Å². The van der Waals surface area contributed by atoms with Gasteiger partial charge in [0.25, 0.3) is 0 Å². The van der Waals surface area contributed by atoms with Gasteiger partial charge in [0, 0.05) is 6.42 Å². The number of hydrogen-bond donors (Lipinski definition) is 1. The van der Waals surface area contributed by atoms with Crippen LogP contribution in [0.4, 0.5) is 5.13 Å². The number of carbonyl (C=O) groups is 1. The van der Waals surface area contributed by atoms with E-state index in [-0.39, 0.29) is 29.8 Å². The van der Waals surface area contributed by atoms with Gasteiger partial charge in [0.2, 0.25) is 5.91 Å². The average Bonchev–Trinajstić information content (AvgIpc) is 2.99. The molecule has 2 aromatic rings. The zero-order valence-corrected chi connectivity index (χ0v) is 14.0. The summed E-state index contributed by atoms with van der Waals surface area (Å²) in [6, 6.07) is 6.09. The van der Waals surface area contributed by atoms with Gasteiger partial charge in [0.1, 0.15) is 0 Å². The van der Waals surface area contributed by atoms with Gasteiger partial charge >= 0.3 is 0 Å². The molecule has 1 N–H and O–H groups in total. The number of thiazole rings is 1. The van der Waals surface area contributed by atoms with Crippen LogP contribution in [0.25, 0.3) is 10.2 Å². The largest absolute Gasteiger partial charge is 0.302 e. The van der Waals surface area contributed by atoms with Gasteiger partial charge in [-0.05, 0) is 36.5 Å². The molecule has 3 rings (SSSR count). The third kappa shape index (κ3) is 3.47. The Morgan fingerprint density at radius 3 is 2.95 bits per heavy atom. The number of aromatic nitrogens is 1. The topological polar surface area (TPSA) is 76.1 Å². The predicted molar refractivity (Wildman–Crippen MR) is 89.0 cm³/mol. The normalized spacial score (nSPS) is 20.3. The van der Waals surface area contributed by atoms with Gasteiger partial charge in [-0.25, -0.2) is 13.4 Å². The zero-order chi connectivity index (χ0) is 15.7. The maximum absolute atomic E-state index is 12.0. The molecular formula is C15H18N2O3S2. The number of fused-ring (bicyclic) bond motifs is 1. The Bertz CT molecular complexity index is 811. The number of nitrogens with zero attached hydrogens (tertiary/aromatic N) is 1. The van der Waals surface area contributed by atoms with Gasteiger partial charge in [0.05, 0.1) is 21.7 Å². The molecule has 1 fully saturated rings. The van der Waals surface area contributed by atoms with E-state index in [0.717, 1.165) is 16.6 Å². The summed E-state index contributed by atoms with van der Waals surface area (Å²) < 4.78 is 23.9. The van der Waals surface area contributed by atoms with Crippen molar-refractivity contribution in [3.63, 3.8) is 0 Å². The smallest absolute Gasteiger partial charge is 0.226 e. The highest BCUT2D eigenvalue weighted by Gasteiger charge is 2.29. The van der Waals surface area contributed by atoms with Crippen molar-refractivity contribution in [2.24, 2.45) is 5.92 Å². The first kappa shape index (κ1) is 15.4.